The van der Waals surface area contributed by atoms with Crippen molar-refractivity contribution in [1.82, 2.24) is 4.98 Å². The van der Waals surface area contributed by atoms with E-state index >= 15 is 0 Å². The Labute approximate surface area is 121 Å². The summed E-state index contributed by atoms with van der Waals surface area (Å²) in [5.74, 6) is -0.296. The van der Waals surface area contributed by atoms with Gasteiger partial charge < -0.3 is 4.42 Å². The van der Waals surface area contributed by atoms with E-state index in [2.05, 4.69) is 11.1 Å². The Morgan fingerprint density at radius 2 is 1.89 bits per heavy atom. The molecule has 0 aliphatic rings. The zero-order valence-corrected chi connectivity index (χ0v) is 12.0. The van der Waals surface area contributed by atoms with Gasteiger partial charge in [0.1, 0.15) is 5.58 Å². The molecule has 0 amide bonds. The molecule has 0 saturated heterocycles. The normalized spacial score (nSPS) is 11.0. The maximum absolute atomic E-state index is 13.4. The van der Waals surface area contributed by atoms with E-state index in [4.69, 9.17) is 4.42 Å². The molecule has 0 N–H and O–H groups in total. The van der Waals surface area contributed by atoms with Gasteiger partial charge in [-0.1, -0.05) is 35.0 Å². The first-order chi connectivity index (χ1) is 8.84. The molecule has 0 unspecified atom stereocenters. The van der Waals surface area contributed by atoms with E-state index in [-0.39, 0.29) is 25.9 Å². The molecule has 0 fully saturated rings. The van der Waals surface area contributed by atoms with Crippen LogP contribution in [0.1, 0.15) is 0 Å². The second-order valence-electron chi connectivity index (χ2n) is 4.18. The molecular formula is C15H7FIrNO-. The molecule has 0 atom stereocenters. The monoisotopic (exact) mass is 429 g/mol. The summed E-state index contributed by atoms with van der Waals surface area (Å²) in [7, 11) is 0. The van der Waals surface area contributed by atoms with Crippen LogP contribution < -0.4 is 0 Å². The molecule has 0 bridgehead atoms. The fourth-order valence-electron chi connectivity index (χ4n) is 2.41. The second-order valence-corrected chi connectivity index (χ2v) is 4.18. The summed E-state index contributed by atoms with van der Waals surface area (Å²) in [4.78, 5) is 4.21. The molecule has 4 aromatic rings. The summed E-state index contributed by atoms with van der Waals surface area (Å²) < 4.78 is 18.9. The van der Waals surface area contributed by atoms with Crippen molar-refractivity contribution in [2.24, 2.45) is 0 Å². The third-order valence-corrected chi connectivity index (χ3v) is 3.17. The van der Waals surface area contributed by atoms with E-state index in [0.29, 0.717) is 0 Å². The maximum Gasteiger partial charge on any atom is 0.171 e. The Morgan fingerprint density at radius 1 is 1.11 bits per heavy atom. The van der Waals surface area contributed by atoms with Crippen molar-refractivity contribution < 1.29 is 28.9 Å². The summed E-state index contributed by atoms with van der Waals surface area (Å²) >= 11 is 0. The molecule has 0 saturated carbocycles. The Balaban J connectivity index is 0.00000110. The fraction of sp³-hybridized carbons (Fsp3) is 0. The summed E-state index contributed by atoms with van der Waals surface area (Å²) in [6.45, 7) is 0. The number of hydrogen-bond acceptors (Lipinski definition) is 2. The molecule has 1 heterocycles. The van der Waals surface area contributed by atoms with Gasteiger partial charge in [-0.15, -0.1) is 23.6 Å². The predicted octanol–water partition coefficient (Wildman–Crippen LogP) is 4.07. The third kappa shape index (κ3) is 1.68. The van der Waals surface area contributed by atoms with Crippen LogP contribution in [0.5, 0.6) is 0 Å². The van der Waals surface area contributed by atoms with Crippen molar-refractivity contribution in [3.05, 3.63) is 54.7 Å². The Bertz CT molecular complexity index is 900. The molecule has 3 aromatic carbocycles. The zero-order chi connectivity index (χ0) is 12.1. The quantitative estimate of drug-likeness (QED) is 0.312. The van der Waals surface area contributed by atoms with Crippen LogP contribution in [0.4, 0.5) is 4.39 Å². The minimum Gasteiger partial charge on any atom is -0.454 e. The van der Waals surface area contributed by atoms with Crippen LogP contribution in [0, 0.1) is 11.9 Å². The number of hydrogen-bond donors (Lipinski definition) is 0. The van der Waals surface area contributed by atoms with Crippen LogP contribution in [-0.4, -0.2) is 4.98 Å². The summed E-state index contributed by atoms with van der Waals surface area (Å²) in [5.41, 5.74) is 1.45. The molecule has 4 heteroatoms. The molecule has 19 heavy (non-hydrogen) atoms. The molecular weight excluding hydrogens is 421 g/mol. The Morgan fingerprint density at radius 3 is 2.74 bits per heavy atom. The van der Waals surface area contributed by atoms with Gasteiger partial charge in [0, 0.05) is 36.8 Å². The van der Waals surface area contributed by atoms with Crippen molar-refractivity contribution in [3.63, 3.8) is 0 Å². The van der Waals surface area contributed by atoms with Crippen molar-refractivity contribution >= 4 is 32.6 Å². The van der Waals surface area contributed by atoms with Crippen molar-refractivity contribution in [2.45, 2.75) is 0 Å². The van der Waals surface area contributed by atoms with Crippen LogP contribution in [0.2, 0.25) is 0 Å². The summed E-state index contributed by atoms with van der Waals surface area (Å²) in [6, 6.07) is 13.5. The molecule has 95 valence electrons. The number of fused-ring (bicyclic) bond motifs is 6. The first kappa shape index (κ1) is 12.3. The van der Waals surface area contributed by atoms with E-state index in [1.807, 2.05) is 24.3 Å². The number of rotatable bonds is 0. The SMILES string of the molecule is Fc1c[c-]c2c(c1)c1ccccc1c1ocnc21.[Ir]. The molecule has 0 spiro atoms. The summed E-state index contributed by atoms with van der Waals surface area (Å²) in [5, 5.41) is 3.50. The number of aromatic nitrogens is 1. The van der Waals surface area contributed by atoms with Crippen LogP contribution in [0.15, 0.2) is 47.2 Å². The van der Waals surface area contributed by atoms with Gasteiger partial charge in [0.25, 0.3) is 0 Å². The molecule has 0 aliphatic heterocycles. The van der Waals surface area contributed by atoms with Gasteiger partial charge in [-0.25, -0.2) is 0 Å². The molecule has 1 aromatic heterocycles. The van der Waals surface area contributed by atoms with Crippen LogP contribution >= 0.6 is 0 Å². The Hall–Kier alpha value is -1.77. The van der Waals surface area contributed by atoms with Crippen LogP contribution in [0.25, 0.3) is 32.6 Å². The largest absolute Gasteiger partial charge is 0.454 e. The van der Waals surface area contributed by atoms with Crippen molar-refractivity contribution in [2.75, 3.05) is 0 Å². The molecule has 2 nitrogen and oxygen atoms in total. The van der Waals surface area contributed by atoms with E-state index in [9.17, 15) is 4.39 Å². The van der Waals surface area contributed by atoms with Crippen molar-refractivity contribution in [1.29, 1.82) is 0 Å². The number of benzene rings is 3. The Kier molecular flexibility index (Phi) is 2.85. The van der Waals surface area contributed by atoms with Gasteiger partial charge in [0.05, 0.1) is 0 Å². The number of nitrogens with zero attached hydrogens (tertiary/aromatic N) is 1. The van der Waals surface area contributed by atoms with Crippen LogP contribution in [-0.2, 0) is 20.1 Å². The van der Waals surface area contributed by atoms with Crippen molar-refractivity contribution in [3.8, 4) is 0 Å². The first-order valence-electron chi connectivity index (χ1n) is 5.59. The van der Waals surface area contributed by atoms with E-state index in [0.717, 1.165) is 32.6 Å². The standard InChI is InChI=1S/C15H7FNO.Ir/c16-9-5-6-11-13(7-9)10-3-1-2-4-12(10)15-14(11)17-8-18-15;/h1-5,7-8H;/q-1;. The number of oxazole rings is 1. The molecule has 1 radical (unpaired) electrons. The average molecular weight is 428 g/mol. The minimum atomic E-state index is -0.296. The maximum atomic E-state index is 13.4. The summed E-state index contributed by atoms with van der Waals surface area (Å²) in [6.07, 6.45) is 1.41. The fourth-order valence-corrected chi connectivity index (χ4v) is 2.41. The molecule has 4 rings (SSSR count). The predicted molar refractivity (Wildman–Crippen MR) is 67.8 cm³/mol. The van der Waals surface area contributed by atoms with Gasteiger partial charge in [-0.05, 0) is 0 Å². The minimum absolute atomic E-state index is 0. The van der Waals surface area contributed by atoms with E-state index in [1.54, 1.807) is 0 Å². The molecule has 0 aliphatic carbocycles. The van der Waals surface area contributed by atoms with Gasteiger partial charge in [-0.3, -0.25) is 9.37 Å². The van der Waals surface area contributed by atoms with E-state index < -0.39 is 0 Å². The zero-order valence-electron chi connectivity index (χ0n) is 9.61. The van der Waals surface area contributed by atoms with E-state index in [1.165, 1.54) is 18.5 Å². The third-order valence-electron chi connectivity index (χ3n) is 3.17. The van der Waals surface area contributed by atoms with Gasteiger partial charge in [0.15, 0.2) is 6.39 Å². The number of halogens is 1. The van der Waals surface area contributed by atoms with Gasteiger partial charge in [-0.2, -0.15) is 0 Å². The van der Waals surface area contributed by atoms with Crippen LogP contribution in [0.3, 0.4) is 0 Å². The smallest absolute Gasteiger partial charge is 0.171 e. The first-order valence-corrected chi connectivity index (χ1v) is 5.59. The van der Waals surface area contributed by atoms with Gasteiger partial charge in [0.2, 0.25) is 0 Å². The second kappa shape index (κ2) is 4.41. The topological polar surface area (TPSA) is 26.0 Å². The van der Waals surface area contributed by atoms with Gasteiger partial charge >= 0.3 is 0 Å². The average Bonchev–Trinajstić information content (AvgIpc) is 2.88.